The number of carboxylic acid groups (broad SMARTS) is 1. The summed E-state index contributed by atoms with van der Waals surface area (Å²) in [7, 11) is 0. The molecule has 0 aliphatic carbocycles. The predicted octanol–water partition coefficient (Wildman–Crippen LogP) is -1.67. The average Bonchev–Trinajstić information content (AvgIpc) is 3.63. The summed E-state index contributed by atoms with van der Waals surface area (Å²) in [6.45, 7) is 0.519. The summed E-state index contributed by atoms with van der Waals surface area (Å²) in [4.78, 5) is 63.6. The van der Waals surface area contributed by atoms with Crippen molar-refractivity contribution in [1.82, 2.24) is 25.5 Å². The van der Waals surface area contributed by atoms with Gasteiger partial charge >= 0.3 is 5.97 Å². The fraction of sp³-hybridized carbons (Fsp3) is 0.462. The second-order valence-corrected chi connectivity index (χ2v) is 9.86. The lowest BCUT2D eigenvalue weighted by atomic mass is 10.0. The number of likely N-dealkylation sites (tertiary alicyclic amines) is 1. The number of hydrogen-bond donors (Lipinski definition) is 8. The molecule has 3 amide bonds. The minimum absolute atomic E-state index is 0.0128. The van der Waals surface area contributed by atoms with Gasteiger partial charge in [-0.25, -0.2) is 9.78 Å². The highest BCUT2D eigenvalue weighted by Crippen LogP contribution is 2.20. The molecule has 1 fully saturated rings. The second-order valence-electron chi connectivity index (χ2n) is 9.86. The van der Waals surface area contributed by atoms with Crippen molar-refractivity contribution in [3.05, 3.63) is 48.0 Å². The third kappa shape index (κ3) is 9.20. The van der Waals surface area contributed by atoms with Crippen molar-refractivity contribution in [2.45, 2.75) is 62.7 Å². The van der Waals surface area contributed by atoms with Gasteiger partial charge in [-0.15, -0.1) is 0 Å². The van der Waals surface area contributed by atoms with Crippen molar-refractivity contribution in [2.24, 2.45) is 22.2 Å². The van der Waals surface area contributed by atoms with E-state index in [1.165, 1.54) is 29.6 Å². The molecule has 3 rings (SSSR count). The first-order valence-electron chi connectivity index (χ1n) is 13.2. The van der Waals surface area contributed by atoms with Gasteiger partial charge in [0, 0.05) is 31.4 Å². The zero-order valence-corrected chi connectivity index (χ0v) is 22.5. The molecule has 41 heavy (non-hydrogen) atoms. The van der Waals surface area contributed by atoms with Crippen LogP contribution in [0.5, 0.6) is 5.75 Å². The maximum atomic E-state index is 13.4. The fourth-order valence-electron chi connectivity index (χ4n) is 4.62. The van der Waals surface area contributed by atoms with Gasteiger partial charge in [0.1, 0.15) is 23.9 Å². The molecule has 1 aromatic carbocycles. The first kappa shape index (κ1) is 30.9. The number of carbonyl (C=O) groups excluding carboxylic acids is 3. The molecule has 15 heteroatoms. The van der Waals surface area contributed by atoms with Crippen molar-refractivity contribution in [1.29, 1.82) is 0 Å². The van der Waals surface area contributed by atoms with E-state index in [2.05, 4.69) is 25.6 Å². The Morgan fingerprint density at radius 2 is 1.85 bits per heavy atom. The summed E-state index contributed by atoms with van der Waals surface area (Å²) in [5.41, 5.74) is 18.1. The van der Waals surface area contributed by atoms with E-state index < -0.39 is 47.9 Å². The number of aromatic nitrogens is 2. The Bertz CT molecular complexity index is 1210. The van der Waals surface area contributed by atoms with Crippen LogP contribution in [0.25, 0.3) is 0 Å². The molecule has 2 aromatic rings. The van der Waals surface area contributed by atoms with Gasteiger partial charge in [0.25, 0.3) is 0 Å². The zero-order chi connectivity index (χ0) is 29.9. The number of H-pyrrole nitrogens is 1. The maximum absolute atomic E-state index is 13.4. The van der Waals surface area contributed by atoms with Crippen molar-refractivity contribution in [3.8, 4) is 5.75 Å². The highest BCUT2D eigenvalue weighted by atomic mass is 16.4. The molecule has 11 N–H and O–H groups in total. The molecule has 0 spiro atoms. The lowest BCUT2D eigenvalue weighted by Crippen LogP contribution is -2.57. The average molecular weight is 572 g/mol. The number of rotatable bonds is 14. The summed E-state index contributed by atoms with van der Waals surface area (Å²) < 4.78 is 0. The van der Waals surface area contributed by atoms with Gasteiger partial charge in [0.05, 0.1) is 12.4 Å². The summed E-state index contributed by atoms with van der Waals surface area (Å²) >= 11 is 0. The number of nitrogens with zero attached hydrogens (tertiary/aromatic N) is 3. The van der Waals surface area contributed by atoms with E-state index in [0.29, 0.717) is 31.5 Å². The van der Waals surface area contributed by atoms with Crippen LogP contribution in [-0.4, -0.2) is 92.0 Å². The molecule has 2 heterocycles. The van der Waals surface area contributed by atoms with Crippen LogP contribution >= 0.6 is 0 Å². The van der Waals surface area contributed by atoms with Crippen LogP contribution in [0.15, 0.2) is 41.8 Å². The van der Waals surface area contributed by atoms with Crippen LogP contribution in [0.2, 0.25) is 0 Å². The van der Waals surface area contributed by atoms with Gasteiger partial charge in [-0.3, -0.25) is 19.4 Å². The van der Waals surface area contributed by atoms with Gasteiger partial charge in [-0.05, 0) is 49.8 Å². The normalized spacial score (nSPS) is 16.8. The number of phenols is 1. The molecule has 1 aliphatic heterocycles. The van der Waals surface area contributed by atoms with E-state index >= 15 is 0 Å². The summed E-state index contributed by atoms with van der Waals surface area (Å²) in [5, 5.41) is 24.3. The molecule has 1 saturated heterocycles. The molecular weight excluding hydrogens is 534 g/mol. The number of hydrogen-bond acceptors (Lipinski definition) is 8. The van der Waals surface area contributed by atoms with E-state index in [1.54, 1.807) is 12.1 Å². The molecule has 1 aromatic heterocycles. The van der Waals surface area contributed by atoms with Crippen molar-refractivity contribution >= 4 is 29.7 Å². The molecule has 1 aliphatic rings. The number of nitrogens with one attached hydrogen (secondary N) is 3. The van der Waals surface area contributed by atoms with Crippen LogP contribution in [-0.2, 0) is 32.0 Å². The minimum Gasteiger partial charge on any atom is -0.508 e. The lowest BCUT2D eigenvalue weighted by Gasteiger charge is -2.28. The Kier molecular flexibility index (Phi) is 11.0. The molecule has 4 unspecified atom stereocenters. The van der Waals surface area contributed by atoms with Crippen LogP contribution < -0.4 is 27.8 Å². The van der Waals surface area contributed by atoms with Crippen LogP contribution in [0.3, 0.4) is 0 Å². The monoisotopic (exact) mass is 571 g/mol. The summed E-state index contributed by atoms with van der Waals surface area (Å²) in [6.07, 6.45) is 4.46. The topological polar surface area (TPSA) is 255 Å². The molecule has 0 radical (unpaired) electrons. The number of aliphatic imine (C=N–C) groups is 1. The molecule has 0 saturated carbocycles. The molecular formula is C26H37N9O6. The Labute approximate surface area is 236 Å². The zero-order valence-electron chi connectivity index (χ0n) is 22.5. The van der Waals surface area contributed by atoms with Crippen molar-refractivity contribution in [2.75, 3.05) is 13.1 Å². The number of aromatic amines is 1. The minimum atomic E-state index is -1.25. The number of phenolic OH excluding ortho intramolecular Hbond substituents is 1. The van der Waals surface area contributed by atoms with Gasteiger partial charge in [-0.2, -0.15) is 0 Å². The number of aromatic hydroxyl groups is 1. The lowest BCUT2D eigenvalue weighted by molar-refractivity contribution is -0.143. The summed E-state index contributed by atoms with van der Waals surface area (Å²) in [5.74, 6) is -2.93. The highest BCUT2D eigenvalue weighted by Gasteiger charge is 2.38. The SMILES string of the molecule is NC(N)=NCCCC(NC(=O)C(Cc1cnc[nH]1)NC(=O)C1CCCN1C(=O)C(N)Cc1ccc(O)cc1)C(=O)O. The Balaban J connectivity index is 1.67. The molecule has 0 bridgehead atoms. The third-order valence-electron chi connectivity index (χ3n) is 6.72. The van der Waals surface area contributed by atoms with E-state index in [-0.39, 0.29) is 37.5 Å². The van der Waals surface area contributed by atoms with E-state index in [4.69, 9.17) is 17.2 Å². The Morgan fingerprint density at radius 1 is 1.12 bits per heavy atom. The quantitative estimate of drug-likeness (QED) is 0.0726. The molecule has 15 nitrogen and oxygen atoms in total. The number of guanidine groups is 1. The number of carbonyl (C=O) groups is 4. The van der Waals surface area contributed by atoms with Crippen LogP contribution in [0, 0.1) is 0 Å². The first-order valence-corrected chi connectivity index (χ1v) is 13.2. The maximum Gasteiger partial charge on any atom is 0.326 e. The number of aliphatic carboxylic acids is 1. The Morgan fingerprint density at radius 3 is 2.49 bits per heavy atom. The first-order chi connectivity index (χ1) is 19.5. The van der Waals surface area contributed by atoms with Gasteiger partial charge in [0.2, 0.25) is 17.7 Å². The fourth-order valence-corrected chi connectivity index (χ4v) is 4.62. The van der Waals surface area contributed by atoms with Gasteiger partial charge < -0.3 is 47.9 Å². The standard InChI is InChI=1S/C26H37N9O6/c27-18(11-15-5-7-17(36)8-6-15)24(39)35-10-2-4-21(35)23(38)34-20(12-16-13-30-14-32-16)22(37)33-19(25(40)41)3-1-9-31-26(28)29/h5-8,13-14,18-21,36H,1-4,9-12,27H2,(H,30,32)(H,33,37)(H,34,38)(H,40,41)(H4,28,29,31). The van der Waals surface area contributed by atoms with E-state index in [1.807, 2.05) is 0 Å². The number of imidazole rings is 1. The van der Waals surface area contributed by atoms with Gasteiger partial charge in [0.15, 0.2) is 5.96 Å². The number of nitrogens with two attached hydrogens (primary N) is 3. The highest BCUT2D eigenvalue weighted by molar-refractivity contribution is 5.94. The number of carboxylic acids is 1. The Hall–Kier alpha value is -4.66. The number of benzene rings is 1. The molecule has 4 atom stereocenters. The van der Waals surface area contributed by atoms with E-state index in [9.17, 15) is 29.4 Å². The number of amides is 3. The van der Waals surface area contributed by atoms with E-state index in [0.717, 1.165) is 5.56 Å². The largest absolute Gasteiger partial charge is 0.508 e. The molecule has 222 valence electrons. The third-order valence-corrected chi connectivity index (χ3v) is 6.72. The van der Waals surface area contributed by atoms with Gasteiger partial charge in [-0.1, -0.05) is 12.1 Å². The smallest absolute Gasteiger partial charge is 0.326 e. The predicted molar refractivity (Wildman–Crippen MR) is 148 cm³/mol. The van der Waals surface area contributed by atoms with Crippen LogP contribution in [0.1, 0.15) is 36.9 Å². The van der Waals surface area contributed by atoms with Crippen molar-refractivity contribution < 1.29 is 29.4 Å². The second kappa shape index (κ2) is 14.6. The van der Waals surface area contributed by atoms with Crippen molar-refractivity contribution in [3.63, 3.8) is 0 Å². The summed E-state index contributed by atoms with van der Waals surface area (Å²) in [6, 6.07) is 2.20. The van der Waals surface area contributed by atoms with Crippen LogP contribution in [0.4, 0.5) is 0 Å².